The van der Waals surface area contributed by atoms with E-state index in [0.29, 0.717) is 29.6 Å². The van der Waals surface area contributed by atoms with Gasteiger partial charge in [-0.05, 0) is 19.9 Å². The normalized spacial score (nSPS) is 16.9. The van der Waals surface area contributed by atoms with Gasteiger partial charge in [0.2, 0.25) is 6.79 Å². The summed E-state index contributed by atoms with van der Waals surface area (Å²) in [4.78, 5) is 6.59. The molecular formula is C19H29F2IN4O4. The number of hydrogen-bond acceptors (Lipinski definition) is 6. The van der Waals surface area contributed by atoms with Crippen molar-refractivity contribution in [2.75, 3.05) is 46.7 Å². The molecule has 0 aliphatic carbocycles. The van der Waals surface area contributed by atoms with Crippen LogP contribution < -0.4 is 24.8 Å². The lowest BCUT2D eigenvalue weighted by atomic mass is 10.0. The molecule has 0 aromatic heterocycles. The molecule has 2 aliphatic rings. The molecule has 170 valence electrons. The van der Waals surface area contributed by atoms with Crippen LogP contribution >= 0.6 is 24.0 Å². The molecule has 2 heterocycles. The van der Waals surface area contributed by atoms with E-state index in [0.717, 1.165) is 26.3 Å². The van der Waals surface area contributed by atoms with Gasteiger partial charge in [-0.25, -0.2) is 0 Å². The molecule has 11 heteroatoms. The molecule has 0 saturated carbocycles. The van der Waals surface area contributed by atoms with Crippen molar-refractivity contribution in [1.82, 2.24) is 15.5 Å². The molecule has 1 fully saturated rings. The Morgan fingerprint density at radius 3 is 2.50 bits per heavy atom. The van der Waals surface area contributed by atoms with Crippen LogP contribution in [0.1, 0.15) is 19.4 Å². The number of benzene rings is 1. The Morgan fingerprint density at radius 2 is 1.87 bits per heavy atom. The number of halogens is 3. The lowest BCUT2D eigenvalue weighted by Crippen LogP contribution is -2.56. The molecule has 0 spiro atoms. The highest BCUT2D eigenvalue weighted by atomic mass is 127. The van der Waals surface area contributed by atoms with Gasteiger partial charge in [0.15, 0.2) is 17.5 Å². The van der Waals surface area contributed by atoms with Crippen molar-refractivity contribution >= 4 is 29.9 Å². The van der Waals surface area contributed by atoms with Gasteiger partial charge in [-0.2, -0.15) is 8.78 Å². The third-order valence-electron chi connectivity index (χ3n) is 5.00. The van der Waals surface area contributed by atoms with E-state index in [2.05, 4.69) is 39.1 Å². The predicted octanol–water partition coefficient (Wildman–Crippen LogP) is 2.41. The number of rotatable bonds is 7. The summed E-state index contributed by atoms with van der Waals surface area (Å²) in [5.41, 5.74) is 0.425. The van der Waals surface area contributed by atoms with Crippen molar-refractivity contribution in [2.24, 2.45) is 4.99 Å². The zero-order valence-corrected chi connectivity index (χ0v) is 19.7. The minimum atomic E-state index is -2.93. The summed E-state index contributed by atoms with van der Waals surface area (Å²) in [7, 11) is 1.66. The fourth-order valence-electron chi connectivity index (χ4n) is 3.29. The quantitative estimate of drug-likeness (QED) is 0.312. The molecule has 1 aromatic rings. The van der Waals surface area contributed by atoms with Crippen molar-refractivity contribution in [3.63, 3.8) is 0 Å². The van der Waals surface area contributed by atoms with Crippen molar-refractivity contribution in [3.8, 4) is 17.2 Å². The van der Waals surface area contributed by atoms with Gasteiger partial charge in [0.05, 0.1) is 13.2 Å². The molecule has 30 heavy (non-hydrogen) atoms. The first-order chi connectivity index (χ1) is 13.9. The Hall–Kier alpha value is -1.60. The van der Waals surface area contributed by atoms with Crippen LogP contribution in [0, 0.1) is 0 Å². The van der Waals surface area contributed by atoms with Crippen LogP contribution in [-0.2, 0) is 11.3 Å². The van der Waals surface area contributed by atoms with Crippen molar-refractivity contribution < 1.29 is 27.7 Å². The van der Waals surface area contributed by atoms with Gasteiger partial charge in [-0.1, -0.05) is 0 Å². The molecule has 0 unspecified atom stereocenters. The van der Waals surface area contributed by atoms with E-state index in [1.807, 2.05) is 0 Å². The van der Waals surface area contributed by atoms with Crippen molar-refractivity contribution in [3.05, 3.63) is 17.7 Å². The number of ether oxygens (including phenoxy) is 4. The van der Waals surface area contributed by atoms with E-state index in [1.54, 1.807) is 13.1 Å². The second-order valence-electron chi connectivity index (χ2n) is 7.38. The second-order valence-corrected chi connectivity index (χ2v) is 7.38. The number of aliphatic imine (C=N–C) groups is 1. The Kier molecular flexibility index (Phi) is 9.16. The molecule has 2 N–H and O–H groups in total. The summed E-state index contributed by atoms with van der Waals surface area (Å²) in [5, 5.41) is 6.44. The number of alkyl halides is 2. The average molecular weight is 542 g/mol. The second kappa shape index (κ2) is 11.1. The molecule has 3 rings (SSSR count). The zero-order chi connectivity index (χ0) is 20.9. The van der Waals surface area contributed by atoms with Gasteiger partial charge in [0.25, 0.3) is 0 Å². The highest BCUT2D eigenvalue weighted by Gasteiger charge is 2.28. The number of hydrogen-bond donors (Lipinski definition) is 2. The Bertz CT molecular complexity index is 731. The molecule has 0 amide bonds. The van der Waals surface area contributed by atoms with Crippen LogP contribution in [0.2, 0.25) is 0 Å². The molecular weight excluding hydrogens is 513 g/mol. The van der Waals surface area contributed by atoms with Crippen LogP contribution in [0.5, 0.6) is 17.2 Å². The van der Waals surface area contributed by atoms with Crippen LogP contribution in [0.4, 0.5) is 8.78 Å². The van der Waals surface area contributed by atoms with Crippen molar-refractivity contribution in [1.29, 1.82) is 0 Å². The van der Waals surface area contributed by atoms with Crippen LogP contribution in [0.15, 0.2) is 17.1 Å². The maximum absolute atomic E-state index is 12.8. The standard InChI is InChI=1S/C19H28F2N4O4.HI/c1-19(2,25-4-6-26-7-5-25)11-24-18(22-3)23-10-13-8-15-16(28-12-27-15)9-14(13)29-17(20)21;/h8-9,17H,4-7,10-12H2,1-3H3,(H2,22,23,24);1H. The van der Waals surface area contributed by atoms with E-state index in [1.165, 1.54) is 6.07 Å². The number of nitrogens with one attached hydrogen (secondary N) is 2. The first-order valence-electron chi connectivity index (χ1n) is 9.54. The maximum Gasteiger partial charge on any atom is 0.387 e. The molecule has 8 nitrogen and oxygen atoms in total. The predicted molar refractivity (Wildman–Crippen MR) is 119 cm³/mol. The summed E-state index contributed by atoms with van der Waals surface area (Å²) in [5.74, 6) is 1.49. The van der Waals surface area contributed by atoms with Gasteiger partial charge in [-0.3, -0.25) is 9.89 Å². The first kappa shape index (κ1) is 24.7. The highest BCUT2D eigenvalue weighted by molar-refractivity contribution is 14.0. The molecule has 0 atom stereocenters. The smallest absolute Gasteiger partial charge is 0.387 e. The maximum atomic E-state index is 12.8. The van der Waals surface area contributed by atoms with Crippen LogP contribution in [-0.4, -0.2) is 69.7 Å². The summed E-state index contributed by atoms with van der Waals surface area (Å²) in [6.07, 6.45) is 0. The zero-order valence-electron chi connectivity index (χ0n) is 17.4. The minimum absolute atomic E-state index is 0. The van der Waals surface area contributed by atoms with E-state index >= 15 is 0 Å². The summed E-state index contributed by atoms with van der Waals surface area (Å²) >= 11 is 0. The van der Waals surface area contributed by atoms with E-state index in [4.69, 9.17) is 14.2 Å². The lowest BCUT2D eigenvalue weighted by Gasteiger charge is -2.41. The summed E-state index contributed by atoms with van der Waals surface area (Å²) in [6, 6.07) is 3.06. The van der Waals surface area contributed by atoms with Gasteiger partial charge in [0.1, 0.15) is 5.75 Å². The monoisotopic (exact) mass is 542 g/mol. The average Bonchev–Trinajstić information content (AvgIpc) is 3.15. The number of fused-ring (bicyclic) bond motifs is 1. The molecule has 0 radical (unpaired) electrons. The first-order valence-corrected chi connectivity index (χ1v) is 9.54. The Morgan fingerprint density at radius 1 is 1.20 bits per heavy atom. The lowest BCUT2D eigenvalue weighted by molar-refractivity contribution is -0.0505. The molecule has 1 saturated heterocycles. The number of guanidine groups is 1. The molecule has 0 bridgehead atoms. The van der Waals surface area contributed by atoms with Crippen LogP contribution in [0.25, 0.3) is 0 Å². The largest absolute Gasteiger partial charge is 0.454 e. The highest BCUT2D eigenvalue weighted by Crippen LogP contribution is 2.38. The Balaban J connectivity index is 0.00000320. The third kappa shape index (κ3) is 6.45. The van der Waals surface area contributed by atoms with Crippen molar-refractivity contribution in [2.45, 2.75) is 32.5 Å². The fourth-order valence-corrected chi connectivity index (χ4v) is 3.29. The van der Waals surface area contributed by atoms with Gasteiger partial charge >= 0.3 is 6.61 Å². The SMILES string of the molecule is CN=C(NCc1cc2c(cc1OC(F)F)OCO2)NCC(C)(C)N1CCOCC1.I. The summed E-state index contributed by atoms with van der Waals surface area (Å²) < 4.78 is 46.2. The van der Waals surface area contributed by atoms with Gasteiger partial charge in [-0.15, -0.1) is 24.0 Å². The summed E-state index contributed by atoms with van der Waals surface area (Å²) in [6.45, 7) is 5.56. The topological polar surface area (TPSA) is 76.6 Å². The minimum Gasteiger partial charge on any atom is -0.454 e. The van der Waals surface area contributed by atoms with Gasteiger partial charge in [0, 0.05) is 50.4 Å². The van der Waals surface area contributed by atoms with Gasteiger partial charge < -0.3 is 29.6 Å². The van der Waals surface area contributed by atoms with E-state index in [9.17, 15) is 8.78 Å². The van der Waals surface area contributed by atoms with E-state index in [-0.39, 0.29) is 48.6 Å². The molecule has 1 aromatic carbocycles. The van der Waals surface area contributed by atoms with E-state index < -0.39 is 6.61 Å². The third-order valence-corrected chi connectivity index (χ3v) is 5.00. The number of nitrogens with zero attached hydrogens (tertiary/aromatic N) is 2. The van der Waals surface area contributed by atoms with Crippen LogP contribution in [0.3, 0.4) is 0 Å². The molecule has 2 aliphatic heterocycles. The fraction of sp³-hybridized carbons (Fsp3) is 0.632. The Labute approximate surface area is 192 Å². The number of morpholine rings is 1.